The average molecular weight is 349 g/mol. The van der Waals surface area contributed by atoms with E-state index in [-0.39, 0.29) is 17.6 Å². The zero-order valence-electron chi connectivity index (χ0n) is 15.6. The molecule has 0 saturated heterocycles. The molecule has 4 nitrogen and oxygen atoms in total. The number of esters is 1. The van der Waals surface area contributed by atoms with Gasteiger partial charge < -0.3 is 9.72 Å². The predicted octanol–water partition coefficient (Wildman–Crippen LogP) is 4.49. The van der Waals surface area contributed by atoms with Crippen LogP contribution in [0.4, 0.5) is 0 Å². The number of pyridine rings is 1. The average Bonchev–Trinajstić information content (AvgIpc) is 2.59. The topological polar surface area (TPSA) is 59.2 Å². The second-order valence-corrected chi connectivity index (χ2v) is 7.62. The molecule has 0 aliphatic carbocycles. The molecule has 1 aromatic heterocycles. The molecule has 0 spiro atoms. The van der Waals surface area contributed by atoms with Gasteiger partial charge in [-0.15, -0.1) is 0 Å². The van der Waals surface area contributed by atoms with Crippen LogP contribution in [-0.4, -0.2) is 11.0 Å². The highest BCUT2D eigenvalue weighted by atomic mass is 16.5. The first-order chi connectivity index (χ1) is 12.2. The third kappa shape index (κ3) is 3.85. The highest BCUT2D eigenvalue weighted by Gasteiger charge is 2.15. The summed E-state index contributed by atoms with van der Waals surface area (Å²) in [5.41, 5.74) is 3.70. The summed E-state index contributed by atoms with van der Waals surface area (Å²) in [6, 6.07) is 15.0. The first-order valence-electron chi connectivity index (χ1n) is 8.64. The Morgan fingerprint density at radius 3 is 2.38 bits per heavy atom. The highest BCUT2D eigenvalue weighted by molar-refractivity contribution is 5.89. The number of hydrogen-bond acceptors (Lipinski definition) is 3. The number of carbonyl (C=O) groups is 1. The van der Waals surface area contributed by atoms with Crippen LogP contribution >= 0.6 is 0 Å². The van der Waals surface area contributed by atoms with Crippen molar-refractivity contribution in [3.63, 3.8) is 0 Å². The lowest BCUT2D eigenvalue weighted by molar-refractivity contribution is 0.0471. The van der Waals surface area contributed by atoms with Gasteiger partial charge in [0.05, 0.1) is 11.1 Å². The van der Waals surface area contributed by atoms with Gasteiger partial charge in [-0.3, -0.25) is 4.79 Å². The zero-order valence-corrected chi connectivity index (χ0v) is 15.6. The standard InChI is InChI=1S/C22H23NO3/c1-14-5-6-16-12-17(20(24)23-19(16)11-14)13-26-21(25)15-7-9-18(10-8-15)22(2,3)4/h5-12H,13H2,1-4H3,(H,23,24). The monoisotopic (exact) mass is 349 g/mol. The van der Waals surface area contributed by atoms with Crippen LogP contribution in [0.3, 0.4) is 0 Å². The van der Waals surface area contributed by atoms with Crippen molar-refractivity contribution < 1.29 is 9.53 Å². The summed E-state index contributed by atoms with van der Waals surface area (Å²) >= 11 is 0. The van der Waals surface area contributed by atoms with E-state index >= 15 is 0 Å². The number of aromatic amines is 1. The van der Waals surface area contributed by atoms with Crippen LogP contribution in [-0.2, 0) is 16.8 Å². The number of H-pyrrole nitrogens is 1. The number of rotatable bonds is 3. The maximum Gasteiger partial charge on any atom is 0.338 e. The van der Waals surface area contributed by atoms with Crippen LogP contribution in [0.2, 0.25) is 0 Å². The number of nitrogens with one attached hydrogen (secondary N) is 1. The number of aromatic nitrogens is 1. The fourth-order valence-corrected chi connectivity index (χ4v) is 2.80. The van der Waals surface area contributed by atoms with Gasteiger partial charge in [0.1, 0.15) is 6.61 Å². The van der Waals surface area contributed by atoms with E-state index < -0.39 is 5.97 Å². The summed E-state index contributed by atoms with van der Waals surface area (Å²) in [4.78, 5) is 27.3. The number of ether oxygens (including phenoxy) is 1. The van der Waals surface area contributed by atoms with E-state index in [0.717, 1.165) is 22.0 Å². The summed E-state index contributed by atoms with van der Waals surface area (Å²) in [5.74, 6) is -0.436. The van der Waals surface area contributed by atoms with Crippen molar-refractivity contribution in [2.45, 2.75) is 39.7 Å². The zero-order chi connectivity index (χ0) is 18.9. The number of hydrogen-bond donors (Lipinski definition) is 1. The van der Waals surface area contributed by atoms with Crippen LogP contribution in [0.15, 0.2) is 53.3 Å². The second-order valence-electron chi connectivity index (χ2n) is 7.62. The van der Waals surface area contributed by atoms with Crippen LogP contribution in [0.5, 0.6) is 0 Å². The SMILES string of the molecule is Cc1ccc2cc(COC(=O)c3ccc(C(C)(C)C)cc3)c(=O)[nH]c2c1. The van der Waals surface area contributed by atoms with Gasteiger partial charge in [-0.2, -0.15) is 0 Å². The minimum atomic E-state index is -0.436. The minimum Gasteiger partial charge on any atom is -0.457 e. The first-order valence-corrected chi connectivity index (χ1v) is 8.64. The van der Waals surface area contributed by atoms with Gasteiger partial charge in [0.2, 0.25) is 0 Å². The van der Waals surface area contributed by atoms with E-state index in [1.54, 1.807) is 18.2 Å². The Hall–Kier alpha value is -2.88. The quantitative estimate of drug-likeness (QED) is 0.709. The van der Waals surface area contributed by atoms with Crippen LogP contribution < -0.4 is 5.56 Å². The fourth-order valence-electron chi connectivity index (χ4n) is 2.80. The third-order valence-corrected chi connectivity index (χ3v) is 4.42. The molecule has 0 saturated carbocycles. The first kappa shape index (κ1) is 17.9. The molecule has 0 unspecified atom stereocenters. The Morgan fingerprint density at radius 1 is 1.04 bits per heavy atom. The van der Waals surface area contributed by atoms with Crippen molar-refractivity contribution >= 4 is 16.9 Å². The van der Waals surface area contributed by atoms with Crippen LogP contribution in [0, 0.1) is 6.92 Å². The van der Waals surface area contributed by atoms with E-state index in [4.69, 9.17) is 4.74 Å². The van der Waals surface area contributed by atoms with E-state index in [1.807, 2.05) is 37.3 Å². The van der Waals surface area contributed by atoms with Crippen LogP contribution in [0.25, 0.3) is 10.9 Å². The lowest BCUT2D eigenvalue weighted by Crippen LogP contribution is -2.16. The van der Waals surface area contributed by atoms with Crippen molar-refractivity contribution in [3.8, 4) is 0 Å². The Balaban J connectivity index is 1.75. The molecule has 0 aliphatic heterocycles. The third-order valence-electron chi connectivity index (χ3n) is 4.42. The lowest BCUT2D eigenvalue weighted by Gasteiger charge is -2.18. The molecule has 0 amide bonds. The Morgan fingerprint density at radius 2 is 1.73 bits per heavy atom. The molecule has 0 aliphatic rings. The molecule has 134 valence electrons. The van der Waals surface area contributed by atoms with Gasteiger partial charge in [0.25, 0.3) is 5.56 Å². The molecule has 1 heterocycles. The Bertz CT molecular complexity index is 1010. The van der Waals surface area contributed by atoms with Crippen molar-refractivity contribution in [1.82, 2.24) is 4.98 Å². The molecule has 0 atom stereocenters. The molecule has 26 heavy (non-hydrogen) atoms. The summed E-state index contributed by atoms with van der Waals surface area (Å²) < 4.78 is 5.33. The number of aryl methyl sites for hydroxylation is 1. The molecule has 0 radical (unpaired) electrons. The van der Waals surface area contributed by atoms with Gasteiger partial charge in [0.15, 0.2) is 0 Å². The predicted molar refractivity (Wildman–Crippen MR) is 104 cm³/mol. The minimum absolute atomic E-state index is 0.0270. The van der Waals surface area contributed by atoms with E-state index in [1.165, 1.54) is 0 Å². The molecule has 0 bridgehead atoms. The largest absolute Gasteiger partial charge is 0.457 e. The molecule has 3 aromatic rings. The number of carbonyl (C=O) groups excluding carboxylic acids is 1. The van der Waals surface area contributed by atoms with E-state index in [2.05, 4.69) is 25.8 Å². The Labute approximate surface area is 152 Å². The van der Waals surface area contributed by atoms with Gasteiger partial charge >= 0.3 is 5.97 Å². The smallest absolute Gasteiger partial charge is 0.338 e. The van der Waals surface area contributed by atoms with E-state index in [9.17, 15) is 9.59 Å². The Kier molecular flexibility index (Phi) is 4.68. The van der Waals surface area contributed by atoms with Gasteiger partial charge in [-0.05, 0) is 53.1 Å². The maximum absolute atomic E-state index is 12.3. The molecule has 2 aromatic carbocycles. The van der Waals surface area contributed by atoms with Crippen molar-refractivity contribution in [2.24, 2.45) is 0 Å². The number of benzene rings is 2. The summed E-state index contributed by atoms with van der Waals surface area (Å²) in [5, 5.41) is 0.913. The highest BCUT2D eigenvalue weighted by Crippen LogP contribution is 2.22. The molecular weight excluding hydrogens is 326 g/mol. The van der Waals surface area contributed by atoms with Gasteiger partial charge in [0, 0.05) is 5.52 Å². The molecule has 0 fully saturated rings. The molecular formula is C22H23NO3. The second kappa shape index (κ2) is 6.79. The summed E-state index contributed by atoms with van der Waals surface area (Å²) in [7, 11) is 0. The molecule has 1 N–H and O–H groups in total. The normalized spacial score (nSPS) is 11.5. The van der Waals surface area contributed by atoms with Crippen LogP contribution in [0.1, 0.15) is 47.8 Å². The van der Waals surface area contributed by atoms with E-state index in [0.29, 0.717) is 11.1 Å². The summed E-state index contributed by atoms with van der Waals surface area (Å²) in [6.45, 7) is 8.27. The lowest BCUT2D eigenvalue weighted by atomic mass is 9.87. The maximum atomic E-state index is 12.3. The summed E-state index contributed by atoms with van der Waals surface area (Å²) in [6.07, 6.45) is 0. The van der Waals surface area contributed by atoms with Crippen molar-refractivity contribution in [3.05, 3.63) is 81.1 Å². The van der Waals surface area contributed by atoms with Gasteiger partial charge in [-0.25, -0.2) is 4.79 Å². The van der Waals surface area contributed by atoms with Crippen molar-refractivity contribution in [1.29, 1.82) is 0 Å². The molecule has 3 rings (SSSR count). The molecule has 4 heteroatoms. The number of fused-ring (bicyclic) bond motifs is 1. The van der Waals surface area contributed by atoms with Crippen molar-refractivity contribution in [2.75, 3.05) is 0 Å². The fraction of sp³-hybridized carbons (Fsp3) is 0.273. The van der Waals surface area contributed by atoms with Gasteiger partial charge in [-0.1, -0.05) is 45.0 Å².